The van der Waals surface area contributed by atoms with E-state index < -0.39 is 11.2 Å². The van der Waals surface area contributed by atoms with E-state index in [1.165, 1.54) is 0 Å². The van der Waals surface area contributed by atoms with Crippen LogP contribution in [0.1, 0.15) is 39.5 Å². The molecule has 1 aliphatic heterocycles. The molecular weight excluding hydrogens is 244 g/mol. The number of hydrogen-bond acceptors (Lipinski definition) is 4. The minimum absolute atomic E-state index is 0.0141. The van der Waals surface area contributed by atoms with Gasteiger partial charge in [-0.1, -0.05) is 13.5 Å². The largest absolute Gasteiger partial charge is 0.458 e. The van der Waals surface area contributed by atoms with Crippen LogP contribution in [-0.4, -0.2) is 33.5 Å². The van der Waals surface area contributed by atoms with Gasteiger partial charge in [0.1, 0.15) is 6.10 Å². The number of aliphatic hydroxyl groups is 2. The lowest BCUT2D eigenvalue weighted by Gasteiger charge is -2.38. The minimum atomic E-state index is -0.871. The summed E-state index contributed by atoms with van der Waals surface area (Å²) >= 11 is 0. The van der Waals surface area contributed by atoms with Gasteiger partial charge < -0.3 is 14.9 Å². The van der Waals surface area contributed by atoms with Crippen LogP contribution in [0.3, 0.4) is 0 Å². The van der Waals surface area contributed by atoms with Crippen LogP contribution >= 0.6 is 0 Å². The van der Waals surface area contributed by atoms with Crippen molar-refractivity contribution in [2.75, 3.05) is 0 Å². The summed E-state index contributed by atoms with van der Waals surface area (Å²) in [6.45, 7) is 7.62. The Morgan fingerprint density at radius 2 is 2.00 bits per heavy atom. The standard InChI is InChI=1S/C15H22O4/c1-8-6-11-10(9(2)13(16)19-11)7-12-14(3,17)4-5-15(8,12)18/h8,10-12,17-18H,2,4-7H2,1,3H3/t8-,10+,11-,12-,14+,15+/m0/s1. The summed E-state index contributed by atoms with van der Waals surface area (Å²) in [5, 5.41) is 21.5. The van der Waals surface area contributed by atoms with E-state index in [0.29, 0.717) is 31.3 Å². The zero-order valence-corrected chi connectivity index (χ0v) is 11.6. The summed E-state index contributed by atoms with van der Waals surface area (Å²) < 4.78 is 5.38. The maximum absolute atomic E-state index is 11.6. The fourth-order valence-electron chi connectivity index (χ4n) is 4.37. The molecule has 0 aromatic carbocycles. The number of hydrogen-bond donors (Lipinski definition) is 2. The van der Waals surface area contributed by atoms with E-state index in [9.17, 15) is 15.0 Å². The van der Waals surface area contributed by atoms with E-state index in [2.05, 4.69) is 6.58 Å². The van der Waals surface area contributed by atoms with Crippen LogP contribution in [0.5, 0.6) is 0 Å². The molecule has 4 nitrogen and oxygen atoms in total. The van der Waals surface area contributed by atoms with Crippen LogP contribution in [0.15, 0.2) is 12.2 Å². The van der Waals surface area contributed by atoms with E-state index in [4.69, 9.17) is 4.74 Å². The molecule has 0 aromatic rings. The van der Waals surface area contributed by atoms with Crippen LogP contribution in [0.2, 0.25) is 0 Å². The molecule has 19 heavy (non-hydrogen) atoms. The minimum Gasteiger partial charge on any atom is -0.458 e. The van der Waals surface area contributed by atoms with Crippen molar-refractivity contribution in [3.8, 4) is 0 Å². The van der Waals surface area contributed by atoms with Crippen molar-refractivity contribution in [2.45, 2.75) is 56.8 Å². The van der Waals surface area contributed by atoms with Gasteiger partial charge in [0.2, 0.25) is 0 Å². The van der Waals surface area contributed by atoms with Crippen molar-refractivity contribution in [1.82, 2.24) is 0 Å². The Labute approximate surface area is 113 Å². The number of esters is 1. The summed E-state index contributed by atoms with van der Waals surface area (Å²) in [7, 11) is 0. The molecule has 0 unspecified atom stereocenters. The Bertz CT molecular complexity index is 441. The average Bonchev–Trinajstić information content (AvgIpc) is 2.67. The lowest BCUT2D eigenvalue weighted by Crippen LogP contribution is -2.46. The van der Waals surface area contributed by atoms with Crippen molar-refractivity contribution in [1.29, 1.82) is 0 Å². The number of fused-ring (bicyclic) bond motifs is 2. The molecule has 106 valence electrons. The van der Waals surface area contributed by atoms with Gasteiger partial charge in [0, 0.05) is 17.4 Å². The molecule has 2 N–H and O–H groups in total. The van der Waals surface area contributed by atoms with Crippen molar-refractivity contribution < 1.29 is 19.7 Å². The topological polar surface area (TPSA) is 66.8 Å². The summed E-state index contributed by atoms with van der Waals surface area (Å²) in [5.41, 5.74) is -1.21. The predicted molar refractivity (Wildman–Crippen MR) is 69.2 cm³/mol. The van der Waals surface area contributed by atoms with Gasteiger partial charge >= 0.3 is 5.97 Å². The zero-order chi connectivity index (χ0) is 14.0. The van der Waals surface area contributed by atoms with Gasteiger partial charge in [0.25, 0.3) is 0 Å². The highest BCUT2D eigenvalue weighted by atomic mass is 16.6. The summed E-state index contributed by atoms with van der Waals surface area (Å²) in [5.74, 6) is -0.569. The second-order valence-electron chi connectivity index (χ2n) is 6.85. The first-order valence-electron chi connectivity index (χ1n) is 7.10. The predicted octanol–water partition coefficient (Wildman–Crippen LogP) is 1.41. The molecule has 6 atom stereocenters. The molecular formula is C15H22O4. The number of rotatable bonds is 0. The van der Waals surface area contributed by atoms with E-state index >= 15 is 0 Å². The molecule has 1 saturated heterocycles. The lowest BCUT2D eigenvalue weighted by atomic mass is 9.74. The number of ether oxygens (including phenoxy) is 1. The van der Waals surface area contributed by atoms with Gasteiger partial charge in [-0.3, -0.25) is 0 Å². The molecule has 3 aliphatic rings. The molecule has 0 aromatic heterocycles. The monoisotopic (exact) mass is 266 g/mol. The fraction of sp³-hybridized carbons (Fsp3) is 0.800. The van der Waals surface area contributed by atoms with Crippen molar-refractivity contribution >= 4 is 5.97 Å². The maximum atomic E-state index is 11.6. The summed E-state index contributed by atoms with van der Waals surface area (Å²) in [6.07, 6.45) is 2.28. The van der Waals surface area contributed by atoms with E-state index in [1.54, 1.807) is 6.92 Å². The first-order valence-corrected chi connectivity index (χ1v) is 7.10. The second-order valence-corrected chi connectivity index (χ2v) is 6.85. The zero-order valence-electron chi connectivity index (χ0n) is 11.6. The van der Waals surface area contributed by atoms with Crippen LogP contribution in [0.4, 0.5) is 0 Å². The van der Waals surface area contributed by atoms with E-state index in [0.717, 1.165) is 0 Å². The third-order valence-corrected chi connectivity index (χ3v) is 5.73. The Morgan fingerprint density at radius 3 is 2.68 bits per heavy atom. The van der Waals surface area contributed by atoms with Crippen LogP contribution in [0, 0.1) is 17.8 Å². The number of carbonyl (C=O) groups excluding carboxylic acids is 1. The first kappa shape index (κ1) is 13.1. The highest BCUT2D eigenvalue weighted by Crippen LogP contribution is 2.55. The van der Waals surface area contributed by atoms with Gasteiger partial charge in [-0.15, -0.1) is 0 Å². The smallest absolute Gasteiger partial charge is 0.334 e. The molecule has 4 heteroatoms. The lowest BCUT2D eigenvalue weighted by molar-refractivity contribution is -0.140. The highest BCUT2D eigenvalue weighted by molar-refractivity contribution is 5.90. The fourth-order valence-corrected chi connectivity index (χ4v) is 4.37. The molecule has 2 aliphatic carbocycles. The normalized spacial score (nSPS) is 53.5. The molecule has 3 fully saturated rings. The molecule has 1 heterocycles. The number of carbonyl (C=O) groups is 1. The first-order chi connectivity index (χ1) is 8.75. The van der Waals surface area contributed by atoms with E-state index in [-0.39, 0.29) is 29.8 Å². The molecule has 0 spiro atoms. The van der Waals surface area contributed by atoms with E-state index in [1.807, 2.05) is 6.92 Å². The Morgan fingerprint density at radius 1 is 1.32 bits per heavy atom. The molecule has 3 rings (SSSR count). The molecule has 0 radical (unpaired) electrons. The van der Waals surface area contributed by atoms with Crippen molar-refractivity contribution in [3.05, 3.63) is 12.2 Å². The molecule has 0 amide bonds. The SMILES string of the molecule is C=C1C(=O)O[C@H]2C[C@H](C)[C@]3(O)CC[C@@](C)(O)[C@@H]3C[C@H]12. The Hall–Kier alpha value is -0.870. The van der Waals surface area contributed by atoms with Gasteiger partial charge in [-0.05, 0) is 38.5 Å². The van der Waals surface area contributed by atoms with Crippen LogP contribution in [-0.2, 0) is 9.53 Å². The Kier molecular flexibility index (Phi) is 2.64. The molecule has 0 bridgehead atoms. The Balaban J connectivity index is 1.98. The third kappa shape index (κ3) is 1.69. The second kappa shape index (κ2) is 3.83. The van der Waals surface area contributed by atoms with Crippen LogP contribution in [0.25, 0.3) is 0 Å². The summed E-state index contributed by atoms with van der Waals surface area (Å²) in [4.78, 5) is 11.6. The van der Waals surface area contributed by atoms with Gasteiger partial charge in [0.15, 0.2) is 0 Å². The van der Waals surface area contributed by atoms with Crippen LogP contribution < -0.4 is 0 Å². The maximum Gasteiger partial charge on any atom is 0.334 e. The van der Waals surface area contributed by atoms with Gasteiger partial charge in [0.05, 0.1) is 11.2 Å². The van der Waals surface area contributed by atoms with Crippen molar-refractivity contribution in [3.63, 3.8) is 0 Å². The average molecular weight is 266 g/mol. The highest BCUT2D eigenvalue weighted by Gasteiger charge is 2.60. The molecule has 2 saturated carbocycles. The van der Waals surface area contributed by atoms with Gasteiger partial charge in [-0.2, -0.15) is 0 Å². The summed E-state index contributed by atoms with van der Waals surface area (Å²) in [6, 6.07) is 0. The van der Waals surface area contributed by atoms with Gasteiger partial charge in [-0.25, -0.2) is 4.79 Å². The van der Waals surface area contributed by atoms with Crippen molar-refractivity contribution in [2.24, 2.45) is 17.8 Å². The quantitative estimate of drug-likeness (QED) is 0.514. The third-order valence-electron chi connectivity index (χ3n) is 5.73.